The molecule has 5 rings (SSSR count). The largest absolute Gasteiger partial charge is 0.368 e. The SMILES string of the molecule is NC(=O)[C@H]1[C@H]2C(=O)N(Cc3ccccc3)C(=O)[C@H]2[C@H]2c3ccccc3C=CN21. The van der Waals surface area contributed by atoms with Gasteiger partial charge in [0.2, 0.25) is 17.7 Å². The Bertz CT molecular complexity index is 1020. The number of hydrogen-bond acceptors (Lipinski definition) is 4. The highest BCUT2D eigenvalue weighted by Gasteiger charge is 2.63. The molecule has 2 N–H and O–H groups in total. The number of fused-ring (bicyclic) bond motifs is 5. The summed E-state index contributed by atoms with van der Waals surface area (Å²) in [5.74, 6) is -2.50. The van der Waals surface area contributed by atoms with Crippen molar-refractivity contribution in [3.05, 3.63) is 77.5 Å². The lowest BCUT2D eigenvalue weighted by Crippen LogP contribution is -2.46. The van der Waals surface area contributed by atoms with Crippen LogP contribution < -0.4 is 5.73 Å². The van der Waals surface area contributed by atoms with Gasteiger partial charge in [-0.15, -0.1) is 0 Å². The number of primary amides is 1. The average Bonchev–Trinajstić information content (AvgIpc) is 3.18. The second-order valence-corrected chi connectivity index (χ2v) is 7.48. The van der Waals surface area contributed by atoms with Gasteiger partial charge in [0.15, 0.2) is 0 Å². The summed E-state index contributed by atoms with van der Waals surface area (Å²) in [6.07, 6.45) is 3.70. The van der Waals surface area contributed by atoms with Gasteiger partial charge >= 0.3 is 0 Å². The number of nitrogens with zero attached hydrogens (tertiary/aromatic N) is 2. The molecule has 2 saturated heterocycles. The molecule has 3 aliphatic heterocycles. The Morgan fingerprint density at radius 2 is 1.61 bits per heavy atom. The Morgan fingerprint density at radius 1 is 0.929 bits per heavy atom. The van der Waals surface area contributed by atoms with Crippen molar-refractivity contribution < 1.29 is 14.4 Å². The standard InChI is InChI=1S/C22H19N3O3/c23-20(26)19-17-16(18-15-9-5-4-8-14(15)10-11-24(18)19)21(27)25(22(17)28)12-13-6-2-1-3-7-13/h1-11,16-19H,12H2,(H2,23,26)/t16-,17+,18-,19-/m1/s1. The van der Waals surface area contributed by atoms with Gasteiger partial charge < -0.3 is 10.6 Å². The number of carbonyl (C=O) groups excluding carboxylic acids is 3. The van der Waals surface area contributed by atoms with Crippen LogP contribution in [-0.2, 0) is 20.9 Å². The van der Waals surface area contributed by atoms with Crippen LogP contribution in [0.2, 0.25) is 0 Å². The minimum absolute atomic E-state index is 0.210. The van der Waals surface area contributed by atoms with Crippen LogP contribution in [0.25, 0.3) is 6.08 Å². The van der Waals surface area contributed by atoms with Gasteiger partial charge in [-0.05, 0) is 22.8 Å². The molecule has 0 spiro atoms. The van der Waals surface area contributed by atoms with E-state index < -0.39 is 23.8 Å². The van der Waals surface area contributed by atoms with E-state index in [0.29, 0.717) is 0 Å². The van der Waals surface area contributed by atoms with Crippen LogP contribution >= 0.6 is 0 Å². The summed E-state index contributed by atoms with van der Waals surface area (Å²) in [6.45, 7) is 0.210. The first-order valence-corrected chi connectivity index (χ1v) is 9.31. The van der Waals surface area contributed by atoms with Gasteiger partial charge in [-0.1, -0.05) is 54.6 Å². The van der Waals surface area contributed by atoms with Crippen molar-refractivity contribution in [3.8, 4) is 0 Å². The Balaban J connectivity index is 1.58. The number of amides is 3. The lowest BCUT2D eigenvalue weighted by molar-refractivity contribution is -0.143. The first-order chi connectivity index (χ1) is 13.6. The van der Waals surface area contributed by atoms with Crippen molar-refractivity contribution in [2.45, 2.75) is 18.6 Å². The molecule has 0 aromatic heterocycles. The summed E-state index contributed by atoms with van der Waals surface area (Å²) in [6, 6.07) is 16.0. The molecule has 2 fully saturated rings. The van der Waals surface area contributed by atoms with E-state index in [1.54, 1.807) is 11.1 Å². The van der Waals surface area contributed by atoms with Crippen molar-refractivity contribution in [1.29, 1.82) is 0 Å². The van der Waals surface area contributed by atoms with Crippen LogP contribution in [-0.4, -0.2) is 33.6 Å². The zero-order chi connectivity index (χ0) is 19.4. The fraction of sp³-hybridized carbons (Fsp3) is 0.227. The summed E-state index contributed by atoms with van der Waals surface area (Å²) in [4.78, 5) is 41.9. The predicted octanol–water partition coefficient (Wildman–Crippen LogP) is 1.68. The summed E-state index contributed by atoms with van der Waals surface area (Å²) in [7, 11) is 0. The third-order valence-electron chi connectivity index (χ3n) is 6.03. The summed E-state index contributed by atoms with van der Waals surface area (Å²) < 4.78 is 0. The number of carbonyl (C=O) groups is 3. The molecule has 2 aromatic rings. The van der Waals surface area contributed by atoms with E-state index in [0.717, 1.165) is 16.7 Å². The van der Waals surface area contributed by atoms with Crippen molar-refractivity contribution in [2.24, 2.45) is 17.6 Å². The summed E-state index contributed by atoms with van der Waals surface area (Å²) in [5.41, 5.74) is 8.51. The highest BCUT2D eigenvalue weighted by atomic mass is 16.2. The van der Waals surface area contributed by atoms with Crippen LogP contribution in [0.15, 0.2) is 60.8 Å². The third kappa shape index (κ3) is 2.24. The van der Waals surface area contributed by atoms with Gasteiger partial charge in [-0.3, -0.25) is 19.3 Å². The van der Waals surface area contributed by atoms with Crippen molar-refractivity contribution >= 4 is 23.8 Å². The first-order valence-electron chi connectivity index (χ1n) is 9.31. The fourth-order valence-electron chi connectivity index (χ4n) is 4.87. The molecule has 3 heterocycles. The van der Waals surface area contributed by atoms with Gasteiger partial charge in [0.05, 0.1) is 24.4 Å². The third-order valence-corrected chi connectivity index (χ3v) is 6.03. The topological polar surface area (TPSA) is 83.7 Å². The quantitative estimate of drug-likeness (QED) is 0.830. The monoisotopic (exact) mass is 373 g/mol. The molecule has 4 atom stereocenters. The highest BCUT2D eigenvalue weighted by Crippen LogP contribution is 2.52. The lowest BCUT2D eigenvalue weighted by atomic mass is 9.84. The summed E-state index contributed by atoms with van der Waals surface area (Å²) in [5, 5.41) is 0. The van der Waals surface area contributed by atoms with Crippen molar-refractivity contribution in [2.75, 3.05) is 0 Å². The van der Waals surface area contributed by atoms with Gasteiger partial charge in [0.25, 0.3) is 0 Å². The second kappa shape index (κ2) is 6.05. The van der Waals surface area contributed by atoms with Gasteiger partial charge in [0.1, 0.15) is 6.04 Å². The van der Waals surface area contributed by atoms with E-state index in [4.69, 9.17) is 5.73 Å². The normalized spacial score (nSPS) is 27.6. The van der Waals surface area contributed by atoms with E-state index in [2.05, 4.69) is 0 Å². The van der Waals surface area contributed by atoms with Gasteiger partial charge in [0, 0.05) is 6.20 Å². The summed E-state index contributed by atoms with van der Waals surface area (Å²) >= 11 is 0. The predicted molar refractivity (Wildman–Crippen MR) is 102 cm³/mol. The maximum absolute atomic E-state index is 13.3. The number of likely N-dealkylation sites (tertiary alicyclic amines) is 1. The number of nitrogens with two attached hydrogens (primary N) is 1. The smallest absolute Gasteiger partial charge is 0.240 e. The fourth-order valence-corrected chi connectivity index (χ4v) is 4.87. The molecular formula is C22H19N3O3. The minimum Gasteiger partial charge on any atom is -0.368 e. The number of benzene rings is 2. The van der Waals surface area contributed by atoms with Crippen molar-refractivity contribution in [1.82, 2.24) is 9.80 Å². The Kier molecular flexibility index (Phi) is 3.62. The maximum atomic E-state index is 13.3. The molecule has 0 radical (unpaired) electrons. The number of imide groups is 1. The molecule has 0 unspecified atom stereocenters. The maximum Gasteiger partial charge on any atom is 0.240 e. The zero-order valence-corrected chi connectivity index (χ0v) is 15.1. The van der Waals surface area contributed by atoms with E-state index >= 15 is 0 Å². The lowest BCUT2D eigenvalue weighted by Gasteiger charge is -2.34. The molecule has 140 valence electrons. The van der Waals surface area contributed by atoms with E-state index in [1.807, 2.05) is 60.7 Å². The average molecular weight is 373 g/mol. The second-order valence-electron chi connectivity index (χ2n) is 7.48. The zero-order valence-electron chi connectivity index (χ0n) is 15.1. The van der Waals surface area contributed by atoms with Gasteiger partial charge in [-0.2, -0.15) is 0 Å². The molecule has 3 amide bonds. The van der Waals surface area contributed by atoms with Crippen LogP contribution in [0, 0.1) is 11.8 Å². The Labute approximate surface area is 162 Å². The first kappa shape index (κ1) is 16.7. The van der Waals surface area contributed by atoms with Crippen LogP contribution in [0.1, 0.15) is 22.7 Å². The molecule has 6 nitrogen and oxygen atoms in total. The molecule has 28 heavy (non-hydrogen) atoms. The van der Waals surface area contributed by atoms with E-state index in [-0.39, 0.29) is 24.4 Å². The van der Waals surface area contributed by atoms with E-state index in [9.17, 15) is 14.4 Å². The van der Waals surface area contributed by atoms with Crippen molar-refractivity contribution in [3.63, 3.8) is 0 Å². The molecule has 6 heteroatoms. The molecule has 0 bridgehead atoms. The van der Waals surface area contributed by atoms with Crippen LogP contribution in [0.5, 0.6) is 0 Å². The molecule has 0 aliphatic carbocycles. The minimum atomic E-state index is -0.822. The molecule has 3 aliphatic rings. The van der Waals surface area contributed by atoms with Gasteiger partial charge in [-0.25, -0.2) is 0 Å². The Morgan fingerprint density at radius 3 is 2.36 bits per heavy atom. The number of hydrogen-bond donors (Lipinski definition) is 1. The Hall–Kier alpha value is -3.41. The van der Waals surface area contributed by atoms with E-state index in [1.165, 1.54) is 4.90 Å². The highest BCUT2D eigenvalue weighted by molar-refractivity contribution is 6.09. The van der Waals surface area contributed by atoms with Crippen LogP contribution in [0.4, 0.5) is 0 Å². The number of rotatable bonds is 3. The van der Waals surface area contributed by atoms with Crippen LogP contribution in [0.3, 0.4) is 0 Å². The molecule has 0 saturated carbocycles. The molecule has 2 aromatic carbocycles. The molecular weight excluding hydrogens is 354 g/mol.